The van der Waals surface area contributed by atoms with Gasteiger partial charge in [-0.05, 0) is 63.1 Å². The van der Waals surface area contributed by atoms with Gasteiger partial charge in [0.2, 0.25) is 0 Å². The van der Waals surface area contributed by atoms with Crippen molar-refractivity contribution < 1.29 is 14.3 Å². The standard InChI is InChI=1S/C26H27N3O3/c1-15-5-7-20-23(30)14-26(32-24(20)16(15)2)9-11-29(12-10-26)25(31)19-6-8-21-22(13-19)28-18(4)17(3)27-21/h5-8,13H,9-12,14H2,1-4H3. The lowest BCUT2D eigenvalue weighted by Gasteiger charge is -2.44. The summed E-state index contributed by atoms with van der Waals surface area (Å²) in [6.07, 6.45) is 1.65. The molecule has 5 rings (SSSR count). The van der Waals surface area contributed by atoms with Crippen molar-refractivity contribution >= 4 is 22.7 Å². The molecule has 0 radical (unpaired) electrons. The van der Waals surface area contributed by atoms with Crippen LogP contribution in [-0.2, 0) is 0 Å². The summed E-state index contributed by atoms with van der Waals surface area (Å²) in [4.78, 5) is 37.0. The second-order valence-corrected chi connectivity index (χ2v) is 9.16. The minimum Gasteiger partial charge on any atom is -0.486 e. The van der Waals surface area contributed by atoms with Gasteiger partial charge in [0.25, 0.3) is 5.91 Å². The number of piperidine rings is 1. The van der Waals surface area contributed by atoms with Gasteiger partial charge in [0, 0.05) is 31.5 Å². The lowest BCUT2D eigenvalue weighted by Crippen LogP contribution is -2.52. The molecule has 0 saturated carbocycles. The molecular formula is C26H27N3O3. The highest BCUT2D eigenvalue weighted by Crippen LogP contribution is 2.42. The summed E-state index contributed by atoms with van der Waals surface area (Å²) in [5.41, 5.74) is 6.20. The van der Waals surface area contributed by atoms with Gasteiger partial charge in [-0.1, -0.05) is 6.07 Å². The molecule has 1 fully saturated rings. The Bertz CT molecular complexity index is 1270. The van der Waals surface area contributed by atoms with Crippen molar-refractivity contribution in [1.82, 2.24) is 14.9 Å². The molecule has 3 aromatic rings. The third-order valence-electron chi connectivity index (χ3n) is 7.06. The second kappa shape index (κ2) is 7.40. The van der Waals surface area contributed by atoms with Crippen LogP contribution in [0.3, 0.4) is 0 Å². The Morgan fingerprint density at radius 2 is 1.66 bits per heavy atom. The van der Waals surface area contributed by atoms with E-state index in [4.69, 9.17) is 4.74 Å². The van der Waals surface area contributed by atoms with Crippen molar-refractivity contribution in [1.29, 1.82) is 0 Å². The summed E-state index contributed by atoms with van der Waals surface area (Å²) in [7, 11) is 0. The molecule has 6 nitrogen and oxygen atoms in total. The number of aryl methyl sites for hydroxylation is 3. The highest BCUT2D eigenvalue weighted by molar-refractivity contribution is 6.01. The zero-order valence-electron chi connectivity index (χ0n) is 19.0. The smallest absolute Gasteiger partial charge is 0.253 e. The van der Waals surface area contributed by atoms with Gasteiger partial charge in [0.05, 0.1) is 34.4 Å². The molecule has 2 aromatic carbocycles. The quantitative estimate of drug-likeness (QED) is 0.569. The minimum atomic E-state index is -0.525. The molecule has 0 N–H and O–H groups in total. The minimum absolute atomic E-state index is 0.0173. The van der Waals surface area contributed by atoms with Crippen LogP contribution in [0, 0.1) is 27.7 Å². The van der Waals surface area contributed by atoms with Crippen LogP contribution in [0.2, 0.25) is 0 Å². The van der Waals surface area contributed by atoms with E-state index >= 15 is 0 Å². The van der Waals surface area contributed by atoms with Crippen LogP contribution in [0.5, 0.6) is 5.75 Å². The normalized spacial score (nSPS) is 17.4. The lowest BCUT2D eigenvalue weighted by molar-refractivity contribution is -0.00620. The summed E-state index contributed by atoms with van der Waals surface area (Å²) in [5.74, 6) is 0.837. The number of carbonyl (C=O) groups is 2. The number of ketones is 1. The molecule has 1 amide bonds. The Morgan fingerprint density at radius 3 is 2.38 bits per heavy atom. The second-order valence-electron chi connectivity index (χ2n) is 9.16. The maximum absolute atomic E-state index is 13.2. The van der Waals surface area contributed by atoms with E-state index in [1.807, 2.05) is 62.9 Å². The molecule has 0 atom stereocenters. The summed E-state index contributed by atoms with van der Waals surface area (Å²) >= 11 is 0. The van der Waals surface area contributed by atoms with Crippen LogP contribution in [-0.4, -0.2) is 45.2 Å². The number of benzene rings is 2. The maximum Gasteiger partial charge on any atom is 0.253 e. The first-order valence-electron chi connectivity index (χ1n) is 11.1. The van der Waals surface area contributed by atoms with Gasteiger partial charge < -0.3 is 9.64 Å². The molecular weight excluding hydrogens is 402 g/mol. The number of rotatable bonds is 1. The van der Waals surface area contributed by atoms with Crippen LogP contribution in [0.4, 0.5) is 0 Å². The van der Waals surface area contributed by atoms with E-state index in [1.165, 1.54) is 0 Å². The van der Waals surface area contributed by atoms with Gasteiger partial charge in [-0.3, -0.25) is 9.59 Å². The number of carbonyl (C=O) groups excluding carboxylic acids is 2. The van der Waals surface area contributed by atoms with Crippen LogP contribution in [0.1, 0.15) is 62.5 Å². The van der Waals surface area contributed by atoms with Crippen LogP contribution in [0.15, 0.2) is 30.3 Å². The van der Waals surface area contributed by atoms with Gasteiger partial charge in [-0.25, -0.2) is 9.97 Å². The first kappa shape index (κ1) is 20.6. The fourth-order valence-electron chi connectivity index (χ4n) is 4.72. The largest absolute Gasteiger partial charge is 0.486 e. The highest BCUT2D eigenvalue weighted by Gasteiger charge is 2.44. The molecule has 0 bridgehead atoms. The van der Waals surface area contributed by atoms with E-state index in [0.29, 0.717) is 43.5 Å². The Kier molecular flexibility index (Phi) is 4.77. The summed E-state index contributed by atoms with van der Waals surface area (Å²) < 4.78 is 6.48. The first-order valence-corrected chi connectivity index (χ1v) is 11.1. The number of Topliss-reactive ketones (excluding diaryl/α,β-unsaturated/α-hetero) is 1. The van der Waals surface area contributed by atoms with E-state index in [2.05, 4.69) is 9.97 Å². The maximum atomic E-state index is 13.2. The van der Waals surface area contributed by atoms with E-state index in [-0.39, 0.29) is 11.7 Å². The Labute approximate surface area is 187 Å². The molecule has 1 saturated heterocycles. The first-order chi connectivity index (χ1) is 15.3. The van der Waals surface area contributed by atoms with Crippen molar-refractivity contribution in [2.45, 2.75) is 52.6 Å². The van der Waals surface area contributed by atoms with Gasteiger partial charge in [-0.15, -0.1) is 0 Å². The number of fused-ring (bicyclic) bond motifs is 2. The number of hydrogen-bond acceptors (Lipinski definition) is 5. The summed E-state index contributed by atoms with van der Waals surface area (Å²) in [5, 5.41) is 0. The van der Waals surface area contributed by atoms with Gasteiger partial charge in [-0.2, -0.15) is 0 Å². The topological polar surface area (TPSA) is 72.4 Å². The molecule has 6 heteroatoms. The average molecular weight is 430 g/mol. The molecule has 1 spiro atoms. The SMILES string of the molecule is Cc1ccc2c(c1C)OC1(CCN(C(=O)c3ccc4nc(C)c(C)nc4c3)CC1)CC2=O. The monoisotopic (exact) mass is 429 g/mol. The molecule has 0 aliphatic carbocycles. The van der Waals surface area contributed by atoms with E-state index < -0.39 is 5.60 Å². The third-order valence-corrected chi connectivity index (χ3v) is 7.06. The van der Waals surface area contributed by atoms with E-state index in [9.17, 15) is 9.59 Å². The molecule has 3 heterocycles. The Hall–Kier alpha value is -3.28. The number of nitrogens with zero attached hydrogens (tertiary/aromatic N) is 3. The summed E-state index contributed by atoms with van der Waals surface area (Å²) in [6, 6.07) is 9.35. The Morgan fingerprint density at radius 1 is 0.969 bits per heavy atom. The van der Waals surface area contributed by atoms with E-state index in [0.717, 1.165) is 39.3 Å². The lowest BCUT2D eigenvalue weighted by atomic mass is 9.81. The van der Waals surface area contributed by atoms with Crippen LogP contribution >= 0.6 is 0 Å². The predicted octanol–water partition coefficient (Wildman–Crippen LogP) is 4.50. The molecule has 2 aliphatic rings. The zero-order chi connectivity index (χ0) is 22.6. The van der Waals surface area contributed by atoms with Crippen molar-refractivity contribution in [2.75, 3.05) is 13.1 Å². The number of ether oxygens (including phenoxy) is 1. The highest BCUT2D eigenvalue weighted by atomic mass is 16.5. The number of likely N-dealkylation sites (tertiary alicyclic amines) is 1. The molecule has 164 valence electrons. The van der Waals surface area contributed by atoms with Crippen LogP contribution < -0.4 is 4.74 Å². The van der Waals surface area contributed by atoms with E-state index in [1.54, 1.807) is 0 Å². The molecule has 2 aliphatic heterocycles. The molecule has 32 heavy (non-hydrogen) atoms. The predicted molar refractivity (Wildman–Crippen MR) is 122 cm³/mol. The third kappa shape index (κ3) is 3.34. The van der Waals surface area contributed by atoms with Crippen LogP contribution in [0.25, 0.3) is 11.0 Å². The van der Waals surface area contributed by atoms with Gasteiger partial charge in [0.15, 0.2) is 5.78 Å². The molecule has 1 aromatic heterocycles. The van der Waals surface area contributed by atoms with Gasteiger partial charge in [0.1, 0.15) is 11.4 Å². The number of hydrogen-bond donors (Lipinski definition) is 0. The molecule has 0 unspecified atom stereocenters. The Balaban J connectivity index is 1.35. The van der Waals surface area contributed by atoms with Crippen molar-refractivity contribution in [2.24, 2.45) is 0 Å². The average Bonchev–Trinajstić information content (AvgIpc) is 2.77. The zero-order valence-corrected chi connectivity index (χ0v) is 19.0. The number of aromatic nitrogens is 2. The van der Waals surface area contributed by atoms with Crippen molar-refractivity contribution in [3.8, 4) is 5.75 Å². The van der Waals surface area contributed by atoms with Crippen molar-refractivity contribution in [3.05, 3.63) is 64.0 Å². The fourth-order valence-corrected chi connectivity index (χ4v) is 4.72. The van der Waals surface area contributed by atoms with Crippen molar-refractivity contribution in [3.63, 3.8) is 0 Å². The summed E-state index contributed by atoms with van der Waals surface area (Å²) in [6.45, 7) is 9.01. The number of amides is 1. The fraction of sp³-hybridized carbons (Fsp3) is 0.385. The van der Waals surface area contributed by atoms with Gasteiger partial charge >= 0.3 is 0 Å².